The normalized spacial score (nSPS) is 11.7. The fourth-order valence-corrected chi connectivity index (χ4v) is 2.86. The second-order valence-electron chi connectivity index (χ2n) is 5.85. The first kappa shape index (κ1) is 16.3. The molecule has 5 heteroatoms. The highest BCUT2D eigenvalue weighted by molar-refractivity contribution is 5.84. The third kappa shape index (κ3) is 3.04. The molecule has 0 aliphatic heterocycles. The molecule has 0 fully saturated rings. The average molecular weight is 350 g/mol. The first-order chi connectivity index (χ1) is 12.5. The molecule has 0 atom stereocenters. The summed E-state index contributed by atoms with van der Waals surface area (Å²) < 4.78 is 40.5. The molecule has 0 unspecified atom stereocenters. The van der Waals surface area contributed by atoms with E-state index in [4.69, 9.17) is 0 Å². The summed E-state index contributed by atoms with van der Waals surface area (Å²) in [6.07, 6.45) is -4.58. The number of hydrogen-bond acceptors (Lipinski definition) is 2. The van der Waals surface area contributed by atoms with Crippen molar-refractivity contribution in [3.8, 4) is 22.4 Å². The second-order valence-corrected chi connectivity index (χ2v) is 5.85. The van der Waals surface area contributed by atoms with Gasteiger partial charge in [-0.1, -0.05) is 66.7 Å². The van der Waals surface area contributed by atoms with Gasteiger partial charge >= 0.3 is 6.18 Å². The topological polar surface area (TPSA) is 25.8 Å². The van der Waals surface area contributed by atoms with E-state index in [1.165, 1.54) is 0 Å². The molecule has 128 valence electrons. The summed E-state index contributed by atoms with van der Waals surface area (Å²) in [6, 6.07) is 23.0. The maximum absolute atomic E-state index is 13.5. The summed E-state index contributed by atoms with van der Waals surface area (Å²) in [5.41, 5.74) is 1.76. The maximum atomic E-state index is 13.5. The lowest BCUT2D eigenvalue weighted by atomic mass is 10.0. The number of rotatable bonds is 2. The molecule has 4 rings (SSSR count). The minimum atomic E-state index is -4.58. The van der Waals surface area contributed by atoms with E-state index in [2.05, 4.69) is 9.97 Å². The Morgan fingerprint density at radius 3 is 1.81 bits per heavy atom. The van der Waals surface area contributed by atoms with Crippen LogP contribution in [0.2, 0.25) is 0 Å². The predicted octanol–water partition coefficient (Wildman–Crippen LogP) is 5.98. The number of halogens is 3. The first-order valence-electron chi connectivity index (χ1n) is 8.02. The number of benzene rings is 3. The van der Waals surface area contributed by atoms with Gasteiger partial charge in [0.15, 0.2) is 5.69 Å². The number of fused-ring (bicyclic) bond motifs is 1. The lowest BCUT2D eigenvalue weighted by Crippen LogP contribution is -2.12. The van der Waals surface area contributed by atoms with Crippen LogP contribution in [0.25, 0.3) is 33.4 Å². The number of alkyl halides is 3. The fraction of sp³-hybridized carbons (Fsp3) is 0.0476. The SMILES string of the molecule is FC(F)(F)c1nc2ccc(-c3ccccc3)cc2nc1-c1ccccc1. The quantitative estimate of drug-likeness (QED) is 0.444. The van der Waals surface area contributed by atoms with Crippen LogP contribution in [0.1, 0.15) is 5.69 Å². The Balaban J connectivity index is 1.95. The van der Waals surface area contributed by atoms with Gasteiger partial charge in [0.05, 0.1) is 11.0 Å². The van der Waals surface area contributed by atoms with E-state index in [0.29, 0.717) is 11.1 Å². The largest absolute Gasteiger partial charge is 0.435 e. The summed E-state index contributed by atoms with van der Waals surface area (Å²) >= 11 is 0. The lowest BCUT2D eigenvalue weighted by molar-refractivity contribution is -0.140. The second kappa shape index (κ2) is 6.26. The van der Waals surface area contributed by atoms with Crippen LogP contribution < -0.4 is 0 Å². The van der Waals surface area contributed by atoms with E-state index >= 15 is 0 Å². The molecule has 0 amide bonds. The highest BCUT2D eigenvalue weighted by atomic mass is 19.4. The molecule has 0 aliphatic rings. The van der Waals surface area contributed by atoms with Crippen LogP contribution in [0.4, 0.5) is 13.2 Å². The van der Waals surface area contributed by atoms with Gasteiger partial charge in [0, 0.05) is 5.56 Å². The summed E-state index contributed by atoms with van der Waals surface area (Å²) in [5.74, 6) is 0. The van der Waals surface area contributed by atoms with Crippen LogP contribution >= 0.6 is 0 Å². The third-order valence-corrected chi connectivity index (χ3v) is 4.09. The van der Waals surface area contributed by atoms with E-state index in [-0.39, 0.29) is 11.2 Å². The van der Waals surface area contributed by atoms with Gasteiger partial charge in [0.2, 0.25) is 0 Å². The van der Waals surface area contributed by atoms with Gasteiger partial charge in [-0.05, 0) is 23.3 Å². The van der Waals surface area contributed by atoms with Crippen molar-refractivity contribution < 1.29 is 13.2 Å². The molecule has 1 aromatic heterocycles. The molecule has 0 saturated carbocycles. The molecule has 4 aromatic rings. The Morgan fingerprint density at radius 1 is 0.577 bits per heavy atom. The molecular formula is C21H13F3N2. The van der Waals surface area contributed by atoms with Crippen molar-refractivity contribution in [3.05, 3.63) is 84.6 Å². The standard InChI is InChI=1S/C21H13F3N2/c22-21(23,24)20-19(15-9-5-2-6-10-15)25-18-13-16(11-12-17(18)26-20)14-7-3-1-4-8-14/h1-13H. The van der Waals surface area contributed by atoms with Crippen LogP contribution in [0.15, 0.2) is 78.9 Å². The zero-order chi connectivity index (χ0) is 18.1. The third-order valence-electron chi connectivity index (χ3n) is 4.09. The molecule has 0 bridgehead atoms. The van der Waals surface area contributed by atoms with E-state index < -0.39 is 11.9 Å². The molecule has 2 nitrogen and oxygen atoms in total. The van der Waals surface area contributed by atoms with Gasteiger partial charge in [-0.25, -0.2) is 9.97 Å². The minimum absolute atomic E-state index is 0.157. The Labute approximate surface area is 148 Å². The van der Waals surface area contributed by atoms with E-state index in [1.54, 1.807) is 48.5 Å². The van der Waals surface area contributed by atoms with Crippen molar-refractivity contribution in [3.63, 3.8) is 0 Å². The van der Waals surface area contributed by atoms with Crippen molar-refractivity contribution in [2.75, 3.05) is 0 Å². The minimum Gasteiger partial charge on any atom is -0.244 e. The Kier molecular flexibility index (Phi) is 3.92. The van der Waals surface area contributed by atoms with Crippen molar-refractivity contribution in [1.82, 2.24) is 9.97 Å². The van der Waals surface area contributed by atoms with Crippen molar-refractivity contribution in [2.45, 2.75) is 6.18 Å². The smallest absolute Gasteiger partial charge is 0.244 e. The lowest BCUT2D eigenvalue weighted by Gasteiger charge is -2.13. The van der Waals surface area contributed by atoms with Crippen LogP contribution in [-0.2, 0) is 6.18 Å². The van der Waals surface area contributed by atoms with E-state index in [1.807, 2.05) is 30.3 Å². The zero-order valence-electron chi connectivity index (χ0n) is 13.5. The molecule has 0 N–H and O–H groups in total. The summed E-state index contributed by atoms with van der Waals surface area (Å²) in [4.78, 5) is 8.19. The Bertz CT molecular complexity index is 1060. The van der Waals surface area contributed by atoms with Crippen LogP contribution in [0, 0.1) is 0 Å². The monoisotopic (exact) mass is 350 g/mol. The summed E-state index contributed by atoms with van der Waals surface area (Å²) in [7, 11) is 0. The van der Waals surface area contributed by atoms with Crippen LogP contribution in [-0.4, -0.2) is 9.97 Å². The molecule has 1 heterocycles. The highest BCUT2D eigenvalue weighted by Gasteiger charge is 2.37. The molecular weight excluding hydrogens is 337 g/mol. The Hall–Kier alpha value is -3.21. The first-order valence-corrected chi connectivity index (χ1v) is 8.02. The van der Waals surface area contributed by atoms with Crippen LogP contribution in [0.3, 0.4) is 0 Å². The van der Waals surface area contributed by atoms with E-state index in [9.17, 15) is 13.2 Å². The number of aromatic nitrogens is 2. The van der Waals surface area contributed by atoms with Crippen molar-refractivity contribution in [1.29, 1.82) is 0 Å². The predicted molar refractivity (Wildman–Crippen MR) is 95.4 cm³/mol. The number of nitrogens with zero attached hydrogens (tertiary/aromatic N) is 2. The molecule has 0 radical (unpaired) electrons. The van der Waals surface area contributed by atoms with Gasteiger partial charge in [-0.2, -0.15) is 13.2 Å². The maximum Gasteiger partial charge on any atom is 0.435 e. The van der Waals surface area contributed by atoms with Gasteiger partial charge in [0.25, 0.3) is 0 Å². The zero-order valence-corrected chi connectivity index (χ0v) is 13.5. The highest BCUT2D eigenvalue weighted by Crippen LogP contribution is 2.36. The summed E-state index contributed by atoms with van der Waals surface area (Å²) in [5, 5.41) is 0. The van der Waals surface area contributed by atoms with Gasteiger partial charge in [0.1, 0.15) is 5.69 Å². The van der Waals surface area contributed by atoms with Gasteiger partial charge < -0.3 is 0 Å². The van der Waals surface area contributed by atoms with Gasteiger partial charge in [-0.3, -0.25) is 0 Å². The Morgan fingerprint density at radius 2 is 1.19 bits per heavy atom. The fourth-order valence-electron chi connectivity index (χ4n) is 2.86. The van der Waals surface area contributed by atoms with Crippen molar-refractivity contribution >= 4 is 11.0 Å². The van der Waals surface area contributed by atoms with Crippen molar-refractivity contribution in [2.24, 2.45) is 0 Å². The summed E-state index contributed by atoms with van der Waals surface area (Å²) in [6.45, 7) is 0. The van der Waals surface area contributed by atoms with Crippen LogP contribution in [0.5, 0.6) is 0 Å². The molecule has 0 spiro atoms. The molecule has 0 saturated heterocycles. The molecule has 26 heavy (non-hydrogen) atoms. The van der Waals surface area contributed by atoms with Gasteiger partial charge in [-0.15, -0.1) is 0 Å². The molecule has 0 aliphatic carbocycles. The molecule has 3 aromatic carbocycles. The van der Waals surface area contributed by atoms with E-state index in [0.717, 1.165) is 11.1 Å². The number of hydrogen-bond donors (Lipinski definition) is 0. The average Bonchev–Trinajstić information content (AvgIpc) is 2.67.